The average Bonchev–Trinajstić information content (AvgIpc) is 3.27. The molecule has 8 heteroatoms. The van der Waals surface area contributed by atoms with Crippen LogP contribution in [0.5, 0.6) is 11.5 Å². The van der Waals surface area contributed by atoms with Gasteiger partial charge in [-0.3, -0.25) is 4.79 Å². The monoisotopic (exact) mass is 513 g/mol. The number of carbonyl (C=O) groups excluding carboxylic acids is 2. The Kier molecular flexibility index (Phi) is 6.06. The van der Waals surface area contributed by atoms with Crippen molar-refractivity contribution < 1.29 is 19.1 Å². The van der Waals surface area contributed by atoms with E-state index in [0.29, 0.717) is 23.7 Å². The summed E-state index contributed by atoms with van der Waals surface area (Å²) in [6, 6.07) is 18.7. The fraction of sp³-hybridized carbons (Fsp3) is 0.241. The standard InChI is InChI=1S/C29H27N3O4S/c1-3-35-23-15-18(26-30-27(33)25-21-13-14-32(2)16-24(21)37-28(25)31-26)11-12-22(23)36-29(34)20-10-6-8-17-7-4-5-9-19(17)20/h4-12,15,26,31H,3,13-14,16H2,1-2H3,(H,30,33). The van der Waals surface area contributed by atoms with Crippen molar-refractivity contribution in [1.82, 2.24) is 10.2 Å². The number of nitrogens with zero attached hydrogens (tertiary/aromatic N) is 1. The Labute approximate surface area is 219 Å². The van der Waals surface area contributed by atoms with Gasteiger partial charge >= 0.3 is 5.97 Å². The van der Waals surface area contributed by atoms with E-state index in [-0.39, 0.29) is 5.91 Å². The average molecular weight is 514 g/mol. The van der Waals surface area contributed by atoms with Gasteiger partial charge < -0.3 is 25.0 Å². The molecule has 37 heavy (non-hydrogen) atoms. The summed E-state index contributed by atoms with van der Waals surface area (Å²) in [7, 11) is 2.10. The number of hydrogen-bond donors (Lipinski definition) is 2. The van der Waals surface area contributed by atoms with Gasteiger partial charge in [0.2, 0.25) is 0 Å². The van der Waals surface area contributed by atoms with Crippen LogP contribution in [0, 0.1) is 0 Å². The number of ether oxygens (including phenoxy) is 2. The molecule has 2 aliphatic rings. The highest BCUT2D eigenvalue weighted by molar-refractivity contribution is 7.16. The summed E-state index contributed by atoms with van der Waals surface area (Å²) in [6.07, 6.45) is 0.461. The molecule has 0 spiro atoms. The van der Waals surface area contributed by atoms with Crippen molar-refractivity contribution in [3.05, 3.63) is 87.8 Å². The van der Waals surface area contributed by atoms with Crippen LogP contribution in [0.4, 0.5) is 5.00 Å². The van der Waals surface area contributed by atoms with Crippen molar-refractivity contribution in [2.45, 2.75) is 26.1 Å². The second-order valence-electron chi connectivity index (χ2n) is 9.30. The van der Waals surface area contributed by atoms with Gasteiger partial charge in [-0.25, -0.2) is 4.79 Å². The largest absolute Gasteiger partial charge is 0.490 e. The van der Waals surface area contributed by atoms with Crippen LogP contribution >= 0.6 is 11.3 Å². The summed E-state index contributed by atoms with van der Waals surface area (Å²) in [5.74, 6) is 0.266. The van der Waals surface area contributed by atoms with Gasteiger partial charge in [0.05, 0.1) is 17.7 Å². The maximum atomic E-state index is 13.1. The number of rotatable bonds is 5. The van der Waals surface area contributed by atoms with Crippen molar-refractivity contribution in [2.75, 3.05) is 25.5 Å². The molecule has 4 aromatic rings. The van der Waals surface area contributed by atoms with Gasteiger partial charge in [0.15, 0.2) is 11.5 Å². The normalized spacial score (nSPS) is 16.9. The van der Waals surface area contributed by atoms with Crippen LogP contribution < -0.4 is 20.1 Å². The second kappa shape index (κ2) is 9.53. The van der Waals surface area contributed by atoms with E-state index >= 15 is 0 Å². The first-order valence-electron chi connectivity index (χ1n) is 12.4. The quantitative estimate of drug-likeness (QED) is 0.276. The van der Waals surface area contributed by atoms with E-state index in [1.54, 1.807) is 23.5 Å². The van der Waals surface area contributed by atoms with Gasteiger partial charge in [0, 0.05) is 18.0 Å². The molecule has 1 aromatic heterocycles. The molecule has 188 valence electrons. The highest BCUT2D eigenvalue weighted by Crippen LogP contribution is 2.41. The number of carbonyl (C=O) groups is 2. The molecule has 1 unspecified atom stereocenters. The Morgan fingerprint density at radius 1 is 1.08 bits per heavy atom. The summed E-state index contributed by atoms with van der Waals surface area (Å²) in [5.41, 5.74) is 3.24. The van der Waals surface area contributed by atoms with E-state index in [1.165, 1.54) is 4.88 Å². The zero-order valence-corrected chi connectivity index (χ0v) is 21.5. The minimum absolute atomic E-state index is 0.0646. The van der Waals surface area contributed by atoms with Crippen LogP contribution in [0.2, 0.25) is 0 Å². The smallest absolute Gasteiger partial charge is 0.344 e. The molecule has 2 aliphatic heterocycles. The van der Waals surface area contributed by atoms with Crippen LogP contribution in [-0.2, 0) is 13.0 Å². The molecule has 3 aromatic carbocycles. The van der Waals surface area contributed by atoms with Crippen LogP contribution in [0.25, 0.3) is 10.8 Å². The van der Waals surface area contributed by atoms with Gasteiger partial charge in [0.25, 0.3) is 5.91 Å². The highest BCUT2D eigenvalue weighted by atomic mass is 32.1. The Balaban J connectivity index is 1.27. The molecular formula is C29H27N3O4S. The summed E-state index contributed by atoms with van der Waals surface area (Å²) in [4.78, 5) is 29.7. The van der Waals surface area contributed by atoms with Crippen molar-refractivity contribution in [2.24, 2.45) is 0 Å². The molecule has 0 saturated carbocycles. The fourth-order valence-corrected chi connectivity index (χ4v) is 6.38. The number of nitrogens with one attached hydrogen (secondary N) is 2. The molecule has 1 atom stereocenters. The minimum Gasteiger partial charge on any atom is -0.490 e. The number of thiophene rings is 1. The Hall–Kier alpha value is -3.88. The van der Waals surface area contributed by atoms with Crippen LogP contribution in [0.1, 0.15) is 49.8 Å². The molecule has 0 fully saturated rings. The SMILES string of the molecule is CCOc1cc(C2NC(=O)c3c(sc4c3CCN(C)C4)N2)ccc1OC(=O)c1cccc2ccccc12. The van der Waals surface area contributed by atoms with Gasteiger partial charge in [-0.15, -0.1) is 11.3 Å². The first-order chi connectivity index (χ1) is 18.0. The lowest BCUT2D eigenvalue weighted by Crippen LogP contribution is -2.38. The van der Waals surface area contributed by atoms with Crippen molar-refractivity contribution in [3.8, 4) is 11.5 Å². The molecule has 0 radical (unpaired) electrons. The number of amides is 1. The van der Waals surface area contributed by atoms with E-state index < -0.39 is 12.1 Å². The summed E-state index contributed by atoms with van der Waals surface area (Å²) < 4.78 is 11.6. The van der Waals surface area contributed by atoms with Gasteiger partial charge in [-0.1, -0.05) is 42.5 Å². The predicted molar refractivity (Wildman–Crippen MR) is 145 cm³/mol. The van der Waals surface area contributed by atoms with Crippen LogP contribution in [-0.4, -0.2) is 37.0 Å². The van der Waals surface area contributed by atoms with E-state index in [1.807, 2.05) is 55.5 Å². The third-order valence-corrected chi connectivity index (χ3v) is 7.99. The minimum atomic E-state index is -0.451. The first-order valence-corrected chi connectivity index (χ1v) is 13.2. The predicted octanol–water partition coefficient (Wildman–Crippen LogP) is 5.36. The van der Waals surface area contributed by atoms with Crippen molar-refractivity contribution in [3.63, 3.8) is 0 Å². The highest BCUT2D eigenvalue weighted by Gasteiger charge is 2.33. The second-order valence-corrected chi connectivity index (χ2v) is 10.4. The van der Waals surface area contributed by atoms with Crippen molar-refractivity contribution >= 4 is 39.0 Å². The number of esters is 1. The van der Waals surface area contributed by atoms with E-state index in [4.69, 9.17) is 9.47 Å². The molecule has 0 saturated heterocycles. The van der Waals surface area contributed by atoms with E-state index in [0.717, 1.165) is 52.0 Å². The Morgan fingerprint density at radius 2 is 1.92 bits per heavy atom. The first kappa shape index (κ1) is 23.5. The van der Waals surface area contributed by atoms with Gasteiger partial charge in [0.1, 0.15) is 11.2 Å². The van der Waals surface area contributed by atoms with Gasteiger partial charge in [-0.05, 0) is 60.5 Å². The third kappa shape index (κ3) is 4.32. The summed E-state index contributed by atoms with van der Waals surface area (Å²) in [5, 5.41) is 9.29. The number of fused-ring (bicyclic) bond motifs is 4. The van der Waals surface area contributed by atoms with Gasteiger partial charge in [-0.2, -0.15) is 0 Å². The molecule has 7 nitrogen and oxygen atoms in total. The molecule has 1 amide bonds. The number of hydrogen-bond acceptors (Lipinski definition) is 7. The molecule has 0 bridgehead atoms. The molecule has 2 N–H and O–H groups in total. The zero-order valence-electron chi connectivity index (χ0n) is 20.7. The topological polar surface area (TPSA) is 79.9 Å². The van der Waals surface area contributed by atoms with Crippen LogP contribution in [0.15, 0.2) is 60.7 Å². The van der Waals surface area contributed by atoms with E-state index in [2.05, 4.69) is 22.6 Å². The summed E-state index contributed by atoms with van der Waals surface area (Å²) >= 11 is 1.65. The molecule has 3 heterocycles. The number of benzene rings is 3. The van der Waals surface area contributed by atoms with Crippen LogP contribution in [0.3, 0.4) is 0 Å². The Morgan fingerprint density at radius 3 is 2.78 bits per heavy atom. The zero-order chi connectivity index (χ0) is 25.5. The summed E-state index contributed by atoms with van der Waals surface area (Å²) in [6.45, 7) is 4.09. The lowest BCUT2D eigenvalue weighted by Gasteiger charge is -2.28. The molecule has 6 rings (SSSR count). The number of likely N-dealkylation sites (N-methyl/N-ethyl adjacent to an activating group) is 1. The third-order valence-electron chi connectivity index (χ3n) is 6.84. The maximum Gasteiger partial charge on any atom is 0.344 e. The van der Waals surface area contributed by atoms with E-state index in [9.17, 15) is 9.59 Å². The number of anilines is 1. The molecule has 0 aliphatic carbocycles. The lowest BCUT2D eigenvalue weighted by atomic mass is 10.0. The van der Waals surface area contributed by atoms with Crippen molar-refractivity contribution in [1.29, 1.82) is 0 Å². The lowest BCUT2D eigenvalue weighted by molar-refractivity contribution is 0.0730. The fourth-order valence-electron chi connectivity index (χ4n) is 5.03. The maximum absolute atomic E-state index is 13.1. The molecular weight excluding hydrogens is 486 g/mol. The Bertz CT molecular complexity index is 1520.